The van der Waals surface area contributed by atoms with E-state index in [0.717, 1.165) is 16.8 Å². The van der Waals surface area contributed by atoms with Crippen LogP contribution in [0.4, 0.5) is 14.5 Å². The molecule has 0 amide bonds. The van der Waals surface area contributed by atoms with Crippen molar-refractivity contribution in [1.29, 1.82) is 0 Å². The van der Waals surface area contributed by atoms with Crippen LogP contribution in [0.3, 0.4) is 0 Å². The zero-order valence-electron chi connectivity index (χ0n) is 14.1. The second-order valence-corrected chi connectivity index (χ2v) is 6.73. The molecule has 3 rings (SSSR count). The van der Waals surface area contributed by atoms with E-state index in [2.05, 4.69) is 10.4 Å². The molecular formula is C18H12Cl3F2N3O2. The lowest BCUT2D eigenvalue weighted by molar-refractivity contribution is 0.329. The van der Waals surface area contributed by atoms with Crippen molar-refractivity contribution in [1.82, 2.24) is 9.78 Å². The largest absolute Gasteiger partial charge is 0.492 e. The molecule has 0 fully saturated rings. The van der Waals surface area contributed by atoms with Gasteiger partial charge in [0.05, 0.1) is 27.6 Å². The van der Waals surface area contributed by atoms with Crippen LogP contribution < -0.4 is 15.6 Å². The maximum Gasteiger partial charge on any atom is 0.291 e. The Balaban J connectivity index is 1.64. The van der Waals surface area contributed by atoms with Crippen molar-refractivity contribution in [2.75, 3.05) is 18.5 Å². The average molecular weight is 447 g/mol. The van der Waals surface area contributed by atoms with E-state index < -0.39 is 17.2 Å². The van der Waals surface area contributed by atoms with Crippen LogP contribution in [0, 0.1) is 11.6 Å². The molecule has 0 radical (unpaired) electrons. The van der Waals surface area contributed by atoms with E-state index in [4.69, 9.17) is 39.5 Å². The third-order valence-corrected chi connectivity index (χ3v) is 4.71. The van der Waals surface area contributed by atoms with Gasteiger partial charge in [-0.2, -0.15) is 9.78 Å². The van der Waals surface area contributed by atoms with E-state index >= 15 is 0 Å². The number of aromatic nitrogens is 2. The predicted octanol–water partition coefficient (Wildman–Crippen LogP) is 4.96. The Kier molecular flexibility index (Phi) is 6.39. The maximum atomic E-state index is 13.1. The Morgan fingerprint density at radius 1 is 1.04 bits per heavy atom. The summed E-state index contributed by atoms with van der Waals surface area (Å²) in [6.45, 7) is 0.542. The molecule has 1 heterocycles. The number of rotatable bonds is 6. The second-order valence-electron chi connectivity index (χ2n) is 5.54. The van der Waals surface area contributed by atoms with Gasteiger partial charge in [-0.1, -0.05) is 34.8 Å². The van der Waals surface area contributed by atoms with Crippen molar-refractivity contribution >= 4 is 40.5 Å². The Morgan fingerprint density at radius 3 is 2.54 bits per heavy atom. The van der Waals surface area contributed by atoms with Crippen molar-refractivity contribution in [3.05, 3.63) is 79.7 Å². The number of hydrogen-bond donors (Lipinski definition) is 1. The summed E-state index contributed by atoms with van der Waals surface area (Å²) in [5.41, 5.74) is 0.440. The molecule has 1 N–H and O–H groups in total. The topological polar surface area (TPSA) is 56.2 Å². The van der Waals surface area contributed by atoms with Gasteiger partial charge in [0.15, 0.2) is 11.6 Å². The lowest BCUT2D eigenvalue weighted by Gasteiger charge is -2.12. The van der Waals surface area contributed by atoms with Gasteiger partial charge in [0.2, 0.25) is 0 Å². The molecule has 0 aliphatic carbocycles. The lowest BCUT2D eigenvalue weighted by atomic mass is 10.2. The highest BCUT2D eigenvalue weighted by atomic mass is 35.5. The number of halogens is 5. The fourth-order valence-corrected chi connectivity index (χ4v) is 2.79. The minimum absolute atomic E-state index is 0.0633. The third kappa shape index (κ3) is 4.55. The van der Waals surface area contributed by atoms with Crippen LogP contribution in [0.2, 0.25) is 15.1 Å². The van der Waals surface area contributed by atoms with Gasteiger partial charge < -0.3 is 10.1 Å². The zero-order valence-corrected chi connectivity index (χ0v) is 16.3. The molecule has 28 heavy (non-hydrogen) atoms. The third-order valence-electron chi connectivity index (χ3n) is 3.65. The summed E-state index contributed by atoms with van der Waals surface area (Å²) in [7, 11) is 0. The Morgan fingerprint density at radius 2 is 1.82 bits per heavy atom. The zero-order chi connectivity index (χ0) is 20.3. The van der Waals surface area contributed by atoms with Crippen LogP contribution in [-0.4, -0.2) is 22.9 Å². The van der Waals surface area contributed by atoms with E-state index in [1.165, 1.54) is 12.3 Å². The molecule has 0 bridgehead atoms. The number of nitrogens with one attached hydrogen (secondary N) is 1. The van der Waals surface area contributed by atoms with Gasteiger partial charge in [-0.3, -0.25) is 4.79 Å². The fourth-order valence-electron chi connectivity index (χ4n) is 2.30. The van der Waals surface area contributed by atoms with Gasteiger partial charge in [0.1, 0.15) is 17.4 Å². The average Bonchev–Trinajstić information content (AvgIpc) is 2.67. The smallest absolute Gasteiger partial charge is 0.291 e. The van der Waals surface area contributed by atoms with E-state index in [1.807, 2.05) is 0 Å². The molecule has 1 aromatic heterocycles. The van der Waals surface area contributed by atoms with E-state index in [1.54, 1.807) is 18.2 Å². The van der Waals surface area contributed by atoms with Gasteiger partial charge >= 0.3 is 0 Å². The summed E-state index contributed by atoms with van der Waals surface area (Å²) >= 11 is 17.9. The highest BCUT2D eigenvalue weighted by molar-refractivity contribution is 6.41. The molecule has 2 aromatic carbocycles. The minimum atomic E-state index is -0.977. The van der Waals surface area contributed by atoms with Gasteiger partial charge in [-0.25, -0.2) is 8.78 Å². The van der Waals surface area contributed by atoms with E-state index in [9.17, 15) is 13.6 Å². The lowest BCUT2D eigenvalue weighted by Crippen LogP contribution is -2.21. The quantitative estimate of drug-likeness (QED) is 0.544. The van der Waals surface area contributed by atoms with E-state index in [0.29, 0.717) is 22.9 Å². The first-order valence-electron chi connectivity index (χ1n) is 7.92. The molecule has 0 unspecified atom stereocenters. The molecule has 0 aliphatic heterocycles. The summed E-state index contributed by atoms with van der Waals surface area (Å²) in [6, 6.07) is 8.13. The fraction of sp³-hybridized carbons (Fsp3) is 0.111. The van der Waals surface area contributed by atoms with Crippen molar-refractivity contribution in [3.63, 3.8) is 0 Å². The van der Waals surface area contributed by atoms with Crippen molar-refractivity contribution in [3.8, 4) is 11.4 Å². The van der Waals surface area contributed by atoms with Gasteiger partial charge in [0.25, 0.3) is 5.56 Å². The minimum Gasteiger partial charge on any atom is -0.492 e. The first-order chi connectivity index (χ1) is 13.4. The molecule has 10 heteroatoms. The van der Waals surface area contributed by atoms with Crippen LogP contribution >= 0.6 is 34.8 Å². The number of ether oxygens (including phenoxy) is 1. The van der Waals surface area contributed by atoms with Crippen LogP contribution in [0.5, 0.6) is 5.75 Å². The highest BCUT2D eigenvalue weighted by Crippen LogP contribution is 2.25. The molecule has 0 aliphatic rings. The molecule has 146 valence electrons. The van der Waals surface area contributed by atoms with Gasteiger partial charge in [-0.05, 0) is 30.3 Å². The van der Waals surface area contributed by atoms with E-state index in [-0.39, 0.29) is 22.4 Å². The standard InChI is InChI=1S/C18H12Cl3F2N3O2/c19-12-7-10(26-18(27)17(21)13(20)9-25-26)1-4-16(12)24-5-6-28-11-2-3-14(22)15(23)8-11/h1-4,7-9,24H,5-6H2. The maximum absolute atomic E-state index is 13.1. The normalized spacial score (nSPS) is 10.8. The summed E-state index contributed by atoms with van der Waals surface area (Å²) < 4.78 is 32.4. The van der Waals surface area contributed by atoms with Crippen LogP contribution in [0.25, 0.3) is 5.69 Å². The first kappa shape index (κ1) is 20.4. The van der Waals surface area contributed by atoms with Crippen molar-refractivity contribution < 1.29 is 13.5 Å². The summed E-state index contributed by atoms with van der Waals surface area (Å²) in [5.74, 6) is -1.70. The molecule has 0 spiro atoms. The Bertz CT molecular complexity index is 1080. The molecule has 5 nitrogen and oxygen atoms in total. The molecular weight excluding hydrogens is 435 g/mol. The van der Waals surface area contributed by atoms with Crippen LogP contribution in [0.1, 0.15) is 0 Å². The monoisotopic (exact) mass is 445 g/mol. The molecule has 3 aromatic rings. The van der Waals surface area contributed by atoms with Crippen molar-refractivity contribution in [2.24, 2.45) is 0 Å². The van der Waals surface area contributed by atoms with Crippen LogP contribution in [0.15, 0.2) is 47.4 Å². The summed E-state index contributed by atoms with van der Waals surface area (Å²) in [5, 5.41) is 7.24. The SMILES string of the molecule is O=c1c(Cl)c(Cl)cnn1-c1ccc(NCCOc2ccc(F)c(F)c2)c(Cl)c1. The Hall–Kier alpha value is -2.35. The highest BCUT2D eigenvalue weighted by Gasteiger charge is 2.11. The second kappa shape index (κ2) is 8.77. The summed E-state index contributed by atoms with van der Waals surface area (Å²) in [4.78, 5) is 12.1. The van der Waals surface area contributed by atoms with Crippen LogP contribution in [-0.2, 0) is 0 Å². The van der Waals surface area contributed by atoms with Gasteiger partial charge in [0, 0.05) is 12.6 Å². The molecule has 0 saturated carbocycles. The number of nitrogens with zero attached hydrogens (tertiary/aromatic N) is 2. The van der Waals surface area contributed by atoms with Crippen molar-refractivity contribution in [2.45, 2.75) is 0 Å². The van der Waals surface area contributed by atoms with Gasteiger partial charge in [-0.15, -0.1) is 0 Å². The number of anilines is 1. The number of hydrogen-bond acceptors (Lipinski definition) is 4. The molecule has 0 saturated heterocycles. The number of benzene rings is 2. The first-order valence-corrected chi connectivity index (χ1v) is 9.05. The predicted molar refractivity (Wildman–Crippen MR) is 105 cm³/mol. The summed E-state index contributed by atoms with van der Waals surface area (Å²) in [6.07, 6.45) is 1.26. The molecule has 0 atom stereocenters. The Labute approximate surface area is 173 Å².